The Hall–Kier alpha value is -3.25. The van der Waals surface area contributed by atoms with E-state index in [1.54, 1.807) is 42.6 Å². The van der Waals surface area contributed by atoms with E-state index < -0.39 is 5.54 Å². The van der Waals surface area contributed by atoms with Crippen molar-refractivity contribution in [2.75, 3.05) is 14.1 Å². The van der Waals surface area contributed by atoms with Gasteiger partial charge >= 0.3 is 0 Å². The van der Waals surface area contributed by atoms with Crippen molar-refractivity contribution in [1.82, 2.24) is 14.8 Å². The molecular weight excluding hydrogens is 406 g/mol. The number of aromatic nitrogens is 1. The first-order valence-corrected chi connectivity index (χ1v) is 11.0. The molecule has 3 aromatic rings. The molecule has 1 aliphatic rings. The minimum Gasteiger partial charge on any atom is -0.326 e. The molecule has 0 N–H and O–H groups in total. The number of carbonyl (C=O) groups is 2. The van der Waals surface area contributed by atoms with Crippen molar-refractivity contribution in [3.8, 4) is 10.6 Å². The second-order valence-electron chi connectivity index (χ2n) is 8.05. The molecule has 1 unspecified atom stereocenters. The van der Waals surface area contributed by atoms with Crippen LogP contribution >= 0.6 is 11.3 Å². The summed E-state index contributed by atoms with van der Waals surface area (Å²) in [6.45, 7) is 3.88. The number of carbonyl (C=O) groups excluding carboxylic acids is 2. The van der Waals surface area contributed by atoms with Gasteiger partial charge in [0.05, 0.1) is 10.6 Å². The van der Waals surface area contributed by atoms with Crippen molar-refractivity contribution in [2.45, 2.75) is 25.8 Å². The van der Waals surface area contributed by atoms with Gasteiger partial charge in [-0.15, -0.1) is 11.3 Å². The molecule has 0 saturated carbocycles. The minimum atomic E-state index is -0.951. The van der Waals surface area contributed by atoms with Crippen molar-refractivity contribution >= 4 is 29.2 Å². The first-order valence-electron chi connectivity index (χ1n) is 10.1. The highest BCUT2D eigenvalue weighted by Crippen LogP contribution is 2.34. The summed E-state index contributed by atoms with van der Waals surface area (Å²) in [6.07, 6.45) is 3.97. The molecule has 0 radical (unpaired) electrons. The number of amides is 2. The Morgan fingerprint density at radius 1 is 1.03 bits per heavy atom. The Bertz CT molecular complexity index is 1170. The second-order valence-corrected chi connectivity index (χ2v) is 9.33. The highest BCUT2D eigenvalue weighted by atomic mass is 32.1. The maximum atomic E-state index is 13.4. The zero-order chi connectivity index (χ0) is 22.2. The van der Waals surface area contributed by atoms with Crippen LogP contribution in [0.25, 0.3) is 16.6 Å². The fourth-order valence-corrected chi connectivity index (χ4v) is 4.84. The Balaban J connectivity index is 1.72. The van der Waals surface area contributed by atoms with Gasteiger partial charge in [0.25, 0.3) is 11.8 Å². The molecule has 1 atom stereocenters. The Morgan fingerprint density at radius 3 is 2.45 bits per heavy atom. The maximum Gasteiger partial charge on any atom is 0.271 e. The lowest BCUT2D eigenvalue weighted by Gasteiger charge is -2.45. The van der Waals surface area contributed by atoms with E-state index >= 15 is 0 Å². The van der Waals surface area contributed by atoms with E-state index in [1.807, 2.05) is 55.5 Å². The molecule has 2 aromatic heterocycles. The second kappa shape index (κ2) is 8.12. The molecule has 0 spiro atoms. The number of hydrogen-bond donors (Lipinski definition) is 0. The molecule has 6 heteroatoms. The monoisotopic (exact) mass is 431 g/mol. The van der Waals surface area contributed by atoms with E-state index in [0.717, 1.165) is 21.7 Å². The smallest absolute Gasteiger partial charge is 0.271 e. The van der Waals surface area contributed by atoms with Gasteiger partial charge in [0.2, 0.25) is 0 Å². The van der Waals surface area contributed by atoms with Crippen LogP contribution in [0.5, 0.6) is 0 Å². The number of likely N-dealkylation sites (N-methyl/N-ethyl adjacent to an activating group) is 2. The van der Waals surface area contributed by atoms with Gasteiger partial charge in [-0.05, 0) is 43.7 Å². The van der Waals surface area contributed by atoms with Gasteiger partial charge in [-0.1, -0.05) is 36.4 Å². The lowest BCUT2D eigenvalue weighted by molar-refractivity contribution is -0.155. The summed E-state index contributed by atoms with van der Waals surface area (Å²) in [6, 6.07) is 17.6. The SMILES string of the molecule is Cc1ccc(-c2ncccc2/C=C2/C(=O)N(C)C(C)(Cc3ccccc3)C(=O)N2C)s1. The third-order valence-corrected chi connectivity index (χ3v) is 6.89. The topological polar surface area (TPSA) is 53.5 Å². The first-order chi connectivity index (χ1) is 14.8. The molecule has 5 nitrogen and oxygen atoms in total. The predicted molar refractivity (Wildman–Crippen MR) is 124 cm³/mol. The summed E-state index contributed by atoms with van der Waals surface area (Å²) < 4.78 is 0. The maximum absolute atomic E-state index is 13.4. The van der Waals surface area contributed by atoms with E-state index in [-0.39, 0.29) is 11.8 Å². The minimum absolute atomic E-state index is 0.109. The molecule has 1 saturated heterocycles. The third-order valence-electron chi connectivity index (χ3n) is 5.89. The average Bonchev–Trinajstić information content (AvgIpc) is 3.21. The van der Waals surface area contributed by atoms with E-state index in [2.05, 4.69) is 18.0 Å². The third kappa shape index (κ3) is 3.79. The van der Waals surface area contributed by atoms with E-state index in [4.69, 9.17) is 0 Å². The standard InChI is InChI=1S/C25H25N3O2S/c1-17-12-13-21(31-17)22-19(11-8-14-26-22)15-20-23(29)28(4)25(2,24(30)27(20)3)16-18-9-6-5-7-10-18/h5-15H,16H2,1-4H3/b20-15-. The van der Waals surface area contributed by atoms with Gasteiger partial charge in [-0.25, -0.2) is 0 Å². The summed E-state index contributed by atoms with van der Waals surface area (Å²) in [7, 11) is 3.38. The molecule has 1 fully saturated rings. The van der Waals surface area contributed by atoms with Crippen molar-refractivity contribution < 1.29 is 9.59 Å². The summed E-state index contributed by atoms with van der Waals surface area (Å²) in [5, 5.41) is 0. The lowest BCUT2D eigenvalue weighted by Crippen LogP contribution is -2.64. The molecule has 0 bridgehead atoms. The molecule has 4 rings (SSSR count). The zero-order valence-corrected chi connectivity index (χ0v) is 18.9. The quantitative estimate of drug-likeness (QED) is 0.576. The number of piperazine rings is 1. The number of hydrogen-bond acceptors (Lipinski definition) is 4. The molecule has 3 heterocycles. The van der Waals surface area contributed by atoms with Crippen molar-refractivity contribution in [1.29, 1.82) is 0 Å². The van der Waals surface area contributed by atoms with Crippen molar-refractivity contribution in [2.24, 2.45) is 0 Å². The number of nitrogens with zero attached hydrogens (tertiary/aromatic N) is 3. The van der Waals surface area contributed by atoms with E-state index in [9.17, 15) is 9.59 Å². The van der Waals surface area contributed by atoms with Crippen LogP contribution in [-0.2, 0) is 16.0 Å². The van der Waals surface area contributed by atoms with Gasteiger partial charge in [0.1, 0.15) is 11.2 Å². The molecular formula is C25H25N3O2S. The van der Waals surface area contributed by atoms with Crippen LogP contribution in [0.2, 0.25) is 0 Å². The largest absolute Gasteiger partial charge is 0.326 e. The Kier molecular flexibility index (Phi) is 5.50. The Morgan fingerprint density at radius 2 is 1.77 bits per heavy atom. The molecule has 2 amide bonds. The van der Waals surface area contributed by atoms with Gasteiger partial charge in [-0.3, -0.25) is 14.6 Å². The van der Waals surface area contributed by atoms with Crippen LogP contribution in [0.1, 0.15) is 22.9 Å². The normalized spacial score (nSPS) is 20.6. The van der Waals surface area contributed by atoms with Gasteiger partial charge < -0.3 is 9.80 Å². The average molecular weight is 432 g/mol. The predicted octanol–water partition coefficient (Wildman–Crippen LogP) is 4.39. The van der Waals surface area contributed by atoms with E-state index in [0.29, 0.717) is 12.1 Å². The van der Waals surface area contributed by atoms with Crippen LogP contribution in [0.15, 0.2) is 66.5 Å². The number of thiophene rings is 1. The Labute approximate surface area is 186 Å². The van der Waals surface area contributed by atoms with Crippen LogP contribution in [0.3, 0.4) is 0 Å². The van der Waals surface area contributed by atoms with Crippen molar-refractivity contribution in [3.05, 3.63) is 82.5 Å². The molecule has 158 valence electrons. The van der Waals surface area contributed by atoms with Gasteiger partial charge in [0.15, 0.2) is 0 Å². The fraction of sp³-hybridized carbons (Fsp3) is 0.240. The molecule has 31 heavy (non-hydrogen) atoms. The highest BCUT2D eigenvalue weighted by molar-refractivity contribution is 7.15. The van der Waals surface area contributed by atoms with Crippen molar-refractivity contribution in [3.63, 3.8) is 0 Å². The fourth-order valence-electron chi connectivity index (χ4n) is 3.95. The van der Waals surface area contributed by atoms with Crippen LogP contribution < -0.4 is 0 Å². The number of rotatable bonds is 4. The molecule has 1 aromatic carbocycles. The number of aryl methyl sites for hydroxylation is 1. The van der Waals surface area contributed by atoms with Gasteiger partial charge in [0, 0.05) is 37.2 Å². The van der Waals surface area contributed by atoms with Crippen LogP contribution in [-0.4, -0.2) is 46.2 Å². The lowest BCUT2D eigenvalue weighted by atomic mass is 9.87. The summed E-state index contributed by atoms with van der Waals surface area (Å²) in [5.41, 5.74) is 2.03. The summed E-state index contributed by atoms with van der Waals surface area (Å²) in [4.78, 5) is 36.7. The zero-order valence-electron chi connectivity index (χ0n) is 18.1. The van der Waals surface area contributed by atoms with E-state index in [1.165, 1.54) is 9.78 Å². The summed E-state index contributed by atoms with van der Waals surface area (Å²) in [5.74, 6) is -0.292. The van der Waals surface area contributed by atoms with Crippen LogP contribution in [0, 0.1) is 6.92 Å². The number of benzene rings is 1. The highest BCUT2D eigenvalue weighted by Gasteiger charge is 2.48. The number of pyridine rings is 1. The van der Waals surface area contributed by atoms with Crippen LogP contribution in [0.4, 0.5) is 0 Å². The first kappa shape index (κ1) is 21.0. The summed E-state index contributed by atoms with van der Waals surface area (Å²) >= 11 is 1.65. The molecule has 0 aliphatic carbocycles. The molecule has 1 aliphatic heterocycles. The van der Waals surface area contributed by atoms with Gasteiger partial charge in [-0.2, -0.15) is 0 Å².